The zero-order chi connectivity index (χ0) is 13.8. The zero-order valence-electron chi connectivity index (χ0n) is 11.5. The first-order chi connectivity index (χ1) is 8.29. The van der Waals surface area contributed by atoms with Gasteiger partial charge in [-0.15, -0.1) is 0 Å². The minimum absolute atomic E-state index is 0.166. The molecule has 0 unspecified atom stereocenters. The van der Waals surface area contributed by atoms with Crippen molar-refractivity contribution in [1.82, 2.24) is 5.32 Å². The van der Waals surface area contributed by atoms with Gasteiger partial charge in [-0.3, -0.25) is 0 Å². The number of nitrogens with one attached hydrogen (secondary N) is 1. The summed E-state index contributed by atoms with van der Waals surface area (Å²) in [6.45, 7) is 9.54. The lowest BCUT2D eigenvalue weighted by Crippen LogP contribution is -2.36. The number of benzene rings is 1. The SMILES string of the molecule is C/C(=C/CCNC(C)(C)C)c1ccc(Cl)cc1Cl. The van der Waals surface area contributed by atoms with Gasteiger partial charge in [0.25, 0.3) is 0 Å². The van der Waals surface area contributed by atoms with Crippen LogP contribution in [0.2, 0.25) is 10.0 Å². The van der Waals surface area contributed by atoms with E-state index in [0.717, 1.165) is 18.5 Å². The fraction of sp³-hybridized carbons (Fsp3) is 0.467. The van der Waals surface area contributed by atoms with Crippen molar-refractivity contribution in [3.63, 3.8) is 0 Å². The first-order valence-corrected chi connectivity index (χ1v) is 6.92. The smallest absolute Gasteiger partial charge is 0.0495 e. The molecule has 18 heavy (non-hydrogen) atoms. The fourth-order valence-corrected chi connectivity index (χ4v) is 2.21. The average Bonchev–Trinajstić information content (AvgIpc) is 2.22. The van der Waals surface area contributed by atoms with Crippen LogP contribution in [0.1, 0.15) is 39.7 Å². The molecule has 0 heterocycles. The molecule has 0 saturated heterocycles. The standard InChI is InChI=1S/C15H21Cl2N/c1-11(6-5-9-18-15(2,3)4)13-8-7-12(16)10-14(13)17/h6-8,10,18H,5,9H2,1-4H3/b11-6-. The molecule has 1 nitrogen and oxygen atoms in total. The van der Waals surface area contributed by atoms with Crippen molar-refractivity contribution in [2.24, 2.45) is 0 Å². The Morgan fingerprint density at radius 3 is 2.50 bits per heavy atom. The van der Waals surface area contributed by atoms with Crippen LogP contribution in [0.25, 0.3) is 5.57 Å². The van der Waals surface area contributed by atoms with Crippen molar-refractivity contribution in [1.29, 1.82) is 0 Å². The number of allylic oxidation sites excluding steroid dienone is 1. The van der Waals surface area contributed by atoms with E-state index in [1.54, 1.807) is 6.07 Å². The van der Waals surface area contributed by atoms with Crippen molar-refractivity contribution in [3.8, 4) is 0 Å². The molecular weight excluding hydrogens is 265 g/mol. The molecule has 0 fully saturated rings. The van der Waals surface area contributed by atoms with Crippen molar-refractivity contribution < 1.29 is 0 Å². The van der Waals surface area contributed by atoms with E-state index < -0.39 is 0 Å². The van der Waals surface area contributed by atoms with Gasteiger partial charge in [0.2, 0.25) is 0 Å². The second-order valence-electron chi connectivity index (χ2n) is 5.48. The molecule has 100 valence electrons. The molecular formula is C15H21Cl2N. The molecule has 1 aromatic rings. The van der Waals surface area contributed by atoms with Gasteiger partial charge in [-0.2, -0.15) is 0 Å². The van der Waals surface area contributed by atoms with Crippen LogP contribution in [-0.2, 0) is 0 Å². The lowest BCUT2D eigenvalue weighted by molar-refractivity contribution is 0.431. The summed E-state index contributed by atoms with van der Waals surface area (Å²) in [5.41, 5.74) is 2.41. The van der Waals surface area contributed by atoms with Crippen LogP contribution < -0.4 is 5.32 Å². The Morgan fingerprint density at radius 2 is 1.94 bits per heavy atom. The van der Waals surface area contributed by atoms with Gasteiger partial charge < -0.3 is 5.32 Å². The van der Waals surface area contributed by atoms with Crippen LogP contribution in [0.15, 0.2) is 24.3 Å². The second kappa shape index (κ2) is 6.60. The van der Waals surface area contributed by atoms with Gasteiger partial charge in [0.05, 0.1) is 0 Å². The molecule has 0 aliphatic carbocycles. The molecule has 0 spiro atoms. The van der Waals surface area contributed by atoms with Crippen molar-refractivity contribution in [2.45, 2.75) is 39.7 Å². The lowest BCUT2D eigenvalue weighted by Gasteiger charge is -2.19. The van der Waals surface area contributed by atoms with Crippen LogP contribution in [0.5, 0.6) is 0 Å². The summed E-state index contributed by atoms with van der Waals surface area (Å²) in [7, 11) is 0. The largest absolute Gasteiger partial charge is 0.312 e. The highest BCUT2D eigenvalue weighted by atomic mass is 35.5. The number of hydrogen-bond acceptors (Lipinski definition) is 1. The third kappa shape index (κ3) is 5.43. The highest BCUT2D eigenvalue weighted by Crippen LogP contribution is 2.26. The third-order valence-electron chi connectivity index (χ3n) is 2.61. The lowest BCUT2D eigenvalue weighted by atomic mass is 10.1. The highest BCUT2D eigenvalue weighted by Gasteiger charge is 2.07. The molecule has 0 atom stereocenters. The average molecular weight is 286 g/mol. The van der Waals surface area contributed by atoms with Gasteiger partial charge in [-0.05, 0) is 63.9 Å². The van der Waals surface area contributed by atoms with E-state index in [4.69, 9.17) is 23.2 Å². The predicted molar refractivity (Wildman–Crippen MR) is 82.5 cm³/mol. The number of rotatable bonds is 4. The topological polar surface area (TPSA) is 12.0 Å². The Balaban J connectivity index is 2.61. The predicted octanol–water partition coefficient (Wildman–Crippen LogP) is 5.17. The minimum atomic E-state index is 0.166. The summed E-state index contributed by atoms with van der Waals surface area (Å²) in [5.74, 6) is 0. The first kappa shape index (κ1) is 15.6. The van der Waals surface area contributed by atoms with Crippen molar-refractivity contribution >= 4 is 28.8 Å². The van der Waals surface area contributed by atoms with Crippen LogP contribution >= 0.6 is 23.2 Å². The summed E-state index contributed by atoms with van der Waals surface area (Å²) in [4.78, 5) is 0. The van der Waals surface area contributed by atoms with Gasteiger partial charge in [-0.1, -0.05) is 35.3 Å². The molecule has 3 heteroatoms. The maximum Gasteiger partial charge on any atom is 0.0495 e. The van der Waals surface area contributed by atoms with E-state index in [0.29, 0.717) is 10.0 Å². The first-order valence-electron chi connectivity index (χ1n) is 6.17. The van der Waals surface area contributed by atoms with E-state index >= 15 is 0 Å². The molecule has 1 N–H and O–H groups in total. The molecule has 0 bridgehead atoms. The monoisotopic (exact) mass is 285 g/mol. The molecule has 0 aliphatic heterocycles. The van der Waals surface area contributed by atoms with Gasteiger partial charge in [0, 0.05) is 15.6 Å². The molecule has 1 aromatic carbocycles. The Labute approximate surface area is 120 Å². The summed E-state index contributed by atoms with van der Waals surface area (Å²) in [5, 5.41) is 4.83. The van der Waals surface area contributed by atoms with Crippen molar-refractivity contribution in [2.75, 3.05) is 6.54 Å². The summed E-state index contributed by atoms with van der Waals surface area (Å²) >= 11 is 12.1. The van der Waals surface area contributed by atoms with Crippen LogP contribution in [-0.4, -0.2) is 12.1 Å². The number of hydrogen-bond donors (Lipinski definition) is 1. The second-order valence-corrected chi connectivity index (χ2v) is 6.32. The third-order valence-corrected chi connectivity index (χ3v) is 3.15. The van der Waals surface area contributed by atoms with Gasteiger partial charge in [0.15, 0.2) is 0 Å². The highest BCUT2D eigenvalue weighted by molar-refractivity contribution is 6.35. The maximum atomic E-state index is 6.17. The molecule has 0 saturated carbocycles. The van der Waals surface area contributed by atoms with Gasteiger partial charge >= 0.3 is 0 Å². The summed E-state index contributed by atoms with van der Waals surface area (Å²) in [6, 6.07) is 5.62. The zero-order valence-corrected chi connectivity index (χ0v) is 13.0. The van der Waals surface area contributed by atoms with E-state index in [9.17, 15) is 0 Å². The molecule has 0 radical (unpaired) electrons. The van der Waals surface area contributed by atoms with E-state index in [1.165, 1.54) is 5.57 Å². The fourth-order valence-electron chi connectivity index (χ4n) is 1.66. The normalized spacial score (nSPS) is 12.9. The molecule has 0 aliphatic rings. The van der Waals surface area contributed by atoms with E-state index in [-0.39, 0.29) is 5.54 Å². The maximum absolute atomic E-state index is 6.17. The van der Waals surface area contributed by atoms with Gasteiger partial charge in [-0.25, -0.2) is 0 Å². The van der Waals surface area contributed by atoms with E-state index in [2.05, 4.69) is 39.1 Å². The van der Waals surface area contributed by atoms with Crippen LogP contribution in [0.3, 0.4) is 0 Å². The molecule has 0 amide bonds. The van der Waals surface area contributed by atoms with Crippen LogP contribution in [0.4, 0.5) is 0 Å². The Hall–Kier alpha value is -0.500. The van der Waals surface area contributed by atoms with Gasteiger partial charge in [0.1, 0.15) is 0 Å². The minimum Gasteiger partial charge on any atom is -0.312 e. The Kier molecular flexibility index (Phi) is 5.71. The number of halogens is 2. The van der Waals surface area contributed by atoms with Crippen LogP contribution in [0, 0.1) is 0 Å². The Morgan fingerprint density at radius 1 is 1.28 bits per heavy atom. The quantitative estimate of drug-likeness (QED) is 0.752. The molecule has 0 aromatic heterocycles. The Bertz CT molecular complexity index is 431. The molecule has 1 rings (SSSR count). The van der Waals surface area contributed by atoms with E-state index in [1.807, 2.05) is 12.1 Å². The summed E-state index contributed by atoms with van der Waals surface area (Å²) in [6.07, 6.45) is 3.19. The van der Waals surface area contributed by atoms with Crippen molar-refractivity contribution in [3.05, 3.63) is 39.9 Å². The summed E-state index contributed by atoms with van der Waals surface area (Å²) < 4.78 is 0.